The van der Waals surface area contributed by atoms with Gasteiger partial charge in [-0.3, -0.25) is 19.6 Å². The number of anilines is 2. The molecule has 3 rings (SSSR count). The minimum absolute atomic E-state index is 0.00416. The number of nitrogen functional groups attached to an aromatic ring is 2. The smallest absolute Gasteiger partial charge is 0.294 e. The second-order valence-electron chi connectivity index (χ2n) is 7.99. The number of amides is 1. The molecule has 10 nitrogen and oxygen atoms in total. The van der Waals surface area contributed by atoms with Crippen LogP contribution in [0, 0.1) is 5.41 Å². The molecular formula is C23H26ClN7O3. The number of nitrogens with two attached hydrogens (primary N) is 2. The van der Waals surface area contributed by atoms with Gasteiger partial charge in [0.1, 0.15) is 18.1 Å². The lowest BCUT2D eigenvalue weighted by molar-refractivity contribution is -0.121. The van der Waals surface area contributed by atoms with Crippen molar-refractivity contribution in [3.05, 3.63) is 69.1 Å². The molecule has 0 spiro atoms. The van der Waals surface area contributed by atoms with Gasteiger partial charge in [0.05, 0.1) is 5.69 Å². The second kappa shape index (κ2) is 10.3. The number of aromatic hydroxyl groups is 1. The highest BCUT2D eigenvalue weighted by Gasteiger charge is 2.20. The van der Waals surface area contributed by atoms with Gasteiger partial charge in [-0.15, -0.1) is 0 Å². The van der Waals surface area contributed by atoms with Crippen LogP contribution in [-0.4, -0.2) is 32.4 Å². The molecule has 0 aliphatic rings. The van der Waals surface area contributed by atoms with E-state index < -0.39 is 11.5 Å². The van der Waals surface area contributed by atoms with Crippen LogP contribution in [0.1, 0.15) is 25.0 Å². The Balaban J connectivity index is 1.94. The van der Waals surface area contributed by atoms with E-state index in [4.69, 9.17) is 28.5 Å². The third-order valence-electron chi connectivity index (χ3n) is 4.82. The molecule has 0 bridgehead atoms. The minimum Gasteiger partial charge on any atom is -0.508 e. The van der Waals surface area contributed by atoms with Gasteiger partial charge >= 0.3 is 0 Å². The number of phenols is 1. The quantitative estimate of drug-likeness (QED) is 0.162. The predicted octanol–water partition coefficient (Wildman–Crippen LogP) is 2.27. The molecule has 3 aromatic rings. The average Bonchev–Trinajstić information content (AvgIpc) is 2.75. The number of nitrogens with one attached hydrogen (secondary N) is 3. The van der Waals surface area contributed by atoms with Crippen molar-refractivity contribution in [1.82, 2.24) is 14.9 Å². The number of carbonyl (C=O) groups excluding carboxylic acids is 1. The number of benzene rings is 2. The molecule has 178 valence electrons. The van der Waals surface area contributed by atoms with Crippen molar-refractivity contribution in [2.45, 2.75) is 33.0 Å². The maximum atomic E-state index is 13.2. The molecule has 11 heteroatoms. The van der Waals surface area contributed by atoms with Crippen molar-refractivity contribution in [2.75, 3.05) is 11.1 Å². The van der Waals surface area contributed by atoms with E-state index in [0.29, 0.717) is 11.1 Å². The van der Waals surface area contributed by atoms with Crippen molar-refractivity contribution in [2.24, 2.45) is 5.73 Å². The van der Waals surface area contributed by atoms with E-state index in [1.807, 2.05) is 13.8 Å². The molecule has 0 atom stereocenters. The normalized spacial score (nSPS) is 10.8. The van der Waals surface area contributed by atoms with E-state index in [0.717, 1.165) is 5.56 Å². The molecule has 34 heavy (non-hydrogen) atoms. The molecule has 0 unspecified atom stereocenters. The SMILES string of the molecule is CC(C)Nc1nc(Cl)c(-c2cc(N)cc(O)c2)n(CC(=O)NCc2ccc(C(=N)N)cc2)c1=O. The van der Waals surface area contributed by atoms with E-state index in [1.54, 1.807) is 24.3 Å². The molecule has 0 aliphatic carbocycles. The van der Waals surface area contributed by atoms with Crippen LogP contribution in [0.5, 0.6) is 5.75 Å². The first-order valence-electron chi connectivity index (χ1n) is 10.4. The lowest BCUT2D eigenvalue weighted by Gasteiger charge is -2.18. The molecule has 0 saturated heterocycles. The van der Waals surface area contributed by atoms with Crippen LogP contribution in [-0.2, 0) is 17.9 Å². The number of phenolic OH excluding ortho intramolecular Hbond substituents is 1. The summed E-state index contributed by atoms with van der Waals surface area (Å²) < 4.78 is 1.20. The molecule has 2 aromatic carbocycles. The third-order valence-corrected chi connectivity index (χ3v) is 5.08. The van der Waals surface area contributed by atoms with E-state index in [-0.39, 0.29) is 53.1 Å². The lowest BCUT2D eigenvalue weighted by Crippen LogP contribution is -2.35. The van der Waals surface area contributed by atoms with Gasteiger partial charge in [0.15, 0.2) is 11.0 Å². The summed E-state index contributed by atoms with van der Waals surface area (Å²) in [4.78, 5) is 30.2. The Hall–Kier alpha value is -4.05. The predicted molar refractivity (Wildman–Crippen MR) is 133 cm³/mol. The number of carbonyl (C=O) groups is 1. The number of hydrogen-bond acceptors (Lipinski definition) is 7. The third kappa shape index (κ3) is 5.84. The summed E-state index contributed by atoms with van der Waals surface area (Å²) in [7, 11) is 0. The highest BCUT2D eigenvalue weighted by Crippen LogP contribution is 2.31. The fourth-order valence-electron chi connectivity index (χ4n) is 3.31. The van der Waals surface area contributed by atoms with Gasteiger partial charge < -0.3 is 27.2 Å². The monoisotopic (exact) mass is 483 g/mol. The Morgan fingerprint density at radius 2 is 1.91 bits per heavy atom. The van der Waals surface area contributed by atoms with Crippen LogP contribution in [0.3, 0.4) is 0 Å². The summed E-state index contributed by atoms with van der Waals surface area (Å²) in [5, 5.41) is 23.1. The first-order chi connectivity index (χ1) is 16.0. The number of nitrogens with zero attached hydrogens (tertiary/aromatic N) is 2. The van der Waals surface area contributed by atoms with Crippen molar-refractivity contribution < 1.29 is 9.90 Å². The molecule has 0 aliphatic heterocycles. The van der Waals surface area contributed by atoms with E-state index in [9.17, 15) is 14.7 Å². The first-order valence-corrected chi connectivity index (χ1v) is 10.8. The van der Waals surface area contributed by atoms with Crippen LogP contribution in [0.4, 0.5) is 11.5 Å². The summed E-state index contributed by atoms with van der Waals surface area (Å²) in [6.45, 7) is 3.54. The zero-order valence-electron chi connectivity index (χ0n) is 18.7. The van der Waals surface area contributed by atoms with Gasteiger partial charge in [-0.25, -0.2) is 4.98 Å². The van der Waals surface area contributed by atoms with Crippen LogP contribution < -0.4 is 27.7 Å². The maximum Gasteiger partial charge on any atom is 0.294 e. The Kier molecular flexibility index (Phi) is 7.42. The molecule has 1 aromatic heterocycles. The van der Waals surface area contributed by atoms with Gasteiger partial charge in [-0.1, -0.05) is 35.9 Å². The number of amidine groups is 1. The standard InChI is InChI=1S/C23H26ClN7O3/c1-12(2)29-22-23(34)31(19(20(24)30-22)15-7-16(25)9-17(32)8-15)11-18(33)28-10-13-3-5-14(6-4-13)21(26)27/h3-9,12,32H,10-11,25H2,1-2H3,(H3,26,27)(H,28,33)(H,29,30). The van der Waals surface area contributed by atoms with E-state index in [1.165, 1.54) is 22.8 Å². The van der Waals surface area contributed by atoms with Gasteiger partial charge in [0.25, 0.3) is 5.56 Å². The van der Waals surface area contributed by atoms with Crippen LogP contribution in [0.25, 0.3) is 11.3 Å². The summed E-state index contributed by atoms with van der Waals surface area (Å²) in [6.07, 6.45) is 0. The Morgan fingerprint density at radius 3 is 2.50 bits per heavy atom. The highest BCUT2D eigenvalue weighted by molar-refractivity contribution is 6.32. The fourth-order valence-corrected chi connectivity index (χ4v) is 3.60. The largest absolute Gasteiger partial charge is 0.508 e. The molecule has 1 heterocycles. The van der Waals surface area contributed by atoms with E-state index in [2.05, 4.69) is 15.6 Å². The zero-order chi connectivity index (χ0) is 25.0. The van der Waals surface area contributed by atoms with Crippen molar-refractivity contribution in [3.63, 3.8) is 0 Å². The Labute approximate surface area is 201 Å². The number of rotatable bonds is 8. The molecule has 8 N–H and O–H groups in total. The summed E-state index contributed by atoms with van der Waals surface area (Å²) in [5.74, 6) is -0.599. The topological polar surface area (TPSA) is 172 Å². The zero-order valence-corrected chi connectivity index (χ0v) is 19.5. The Bertz CT molecular complexity index is 1270. The molecule has 0 fully saturated rings. The van der Waals surface area contributed by atoms with Gasteiger partial charge in [0, 0.05) is 35.5 Å². The summed E-state index contributed by atoms with van der Waals surface area (Å²) >= 11 is 6.43. The van der Waals surface area contributed by atoms with Crippen LogP contribution in [0.15, 0.2) is 47.3 Å². The molecular weight excluding hydrogens is 458 g/mol. The summed E-state index contributed by atoms with van der Waals surface area (Å²) in [6, 6.07) is 11.0. The number of aromatic nitrogens is 2. The Morgan fingerprint density at radius 1 is 1.24 bits per heavy atom. The van der Waals surface area contributed by atoms with Gasteiger partial charge in [-0.05, 0) is 31.5 Å². The van der Waals surface area contributed by atoms with Gasteiger partial charge in [0.2, 0.25) is 5.91 Å². The lowest BCUT2D eigenvalue weighted by atomic mass is 10.1. The van der Waals surface area contributed by atoms with Crippen molar-refractivity contribution in [1.29, 1.82) is 5.41 Å². The van der Waals surface area contributed by atoms with Crippen molar-refractivity contribution in [3.8, 4) is 17.0 Å². The second-order valence-corrected chi connectivity index (χ2v) is 8.35. The highest BCUT2D eigenvalue weighted by atomic mass is 35.5. The fraction of sp³-hybridized carbons (Fsp3) is 0.217. The minimum atomic E-state index is -0.545. The van der Waals surface area contributed by atoms with Crippen LogP contribution >= 0.6 is 11.6 Å². The van der Waals surface area contributed by atoms with Crippen molar-refractivity contribution >= 4 is 34.8 Å². The average molecular weight is 484 g/mol. The molecule has 0 radical (unpaired) electrons. The number of halogens is 1. The number of hydrogen-bond donors (Lipinski definition) is 6. The summed E-state index contributed by atoms with van der Waals surface area (Å²) in [5.41, 5.74) is 12.9. The van der Waals surface area contributed by atoms with Gasteiger partial charge in [-0.2, -0.15) is 0 Å². The molecule has 1 amide bonds. The maximum absolute atomic E-state index is 13.2. The first kappa shape index (κ1) is 24.6. The molecule has 0 saturated carbocycles. The van der Waals surface area contributed by atoms with E-state index >= 15 is 0 Å². The van der Waals surface area contributed by atoms with Crippen LogP contribution in [0.2, 0.25) is 5.15 Å².